The van der Waals surface area contributed by atoms with Crippen molar-refractivity contribution >= 4 is 17.7 Å². The molecule has 32 heavy (non-hydrogen) atoms. The molecule has 0 spiro atoms. The van der Waals surface area contributed by atoms with E-state index in [0.29, 0.717) is 12.0 Å². The number of Topliss-reactive ketones (excluding diaryl/α,β-unsaturated/α-hetero) is 1. The molecule has 3 rings (SSSR count). The number of carbonyl (C=O) groups is 3. The minimum absolute atomic E-state index is 0.0470. The lowest BCUT2D eigenvalue weighted by atomic mass is 9.91. The summed E-state index contributed by atoms with van der Waals surface area (Å²) in [4.78, 5) is 37.6. The minimum atomic E-state index is -1.40. The van der Waals surface area contributed by atoms with Crippen LogP contribution in [0.4, 0.5) is 8.78 Å². The number of ether oxygens (including phenoxy) is 1. The maximum absolute atomic E-state index is 13.9. The summed E-state index contributed by atoms with van der Waals surface area (Å²) in [6.45, 7) is 8.41. The van der Waals surface area contributed by atoms with E-state index >= 15 is 0 Å². The van der Waals surface area contributed by atoms with Crippen LogP contribution in [0.15, 0.2) is 42.5 Å². The Morgan fingerprint density at radius 2 is 1.50 bits per heavy atom. The van der Waals surface area contributed by atoms with E-state index in [1.54, 1.807) is 24.3 Å². The van der Waals surface area contributed by atoms with Crippen LogP contribution in [0.2, 0.25) is 0 Å². The first-order valence-electron chi connectivity index (χ1n) is 10.4. The van der Waals surface area contributed by atoms with E-state index in [1.165, 1.54) is 13.8 Å². The van der Waals surface area contributed by atoms with E-state index in [2.05, 4.69) is 5.32 Å². The van der Waals surface area contributed by atoms with E-state index in [1.807, 2.05) is 20.8 Å². The summed E-state index contributed by atoms with van der Waals surface area (Å²) in [5, 5.41) is 2.42. The average molecular weight is 443 g/mol. The third kappa shape index (κ3) is 5.21. The Morgan fingerprint density at radius 3 is 2.03 bits per heavy atom. The van der Waals surface area contributed by atoms with Crippen LogP contribution >= 0.6 is 0 Å². The zero-order valence-electron chi connectivity index (χ0n) is 18.8. The maximum Gasteiger partial charge on any atom is 0.310 e. The fourth-order valence-electron chi connectivity index (χ4n) is 3.56. The van der Waals surface area contributed by atoms with Gasteiger partial charge in [0, 0.05) is 5.56 Å². The largest absolute Gasteiger partial charge is 0.460 e. The summed E-state index contributed by atoms with van der Waals surface area (Å²) < 4.78 is 33.2. The molecule has 1 saturated carbocycles. The van der Waals surface area contributed by atoms with Crippen molar-refractivity contribution in [3.8, 4) is 0 Å². The Labute approximate surface area is 186 Å². The van der Waals surface area contributed by atoms with E-state index in [4.69, 9.17) is 4.74 Å². The number of carbonyl (C=O) groups excluding carboxylic acids is 3. The molecule has 0 saturated heterocycles. The number of hydrogen-bond acceptors (Lipinski definition) is 4. The molecule has 2 atom stereocenters. The van der Waals surface area contributed by atoms with Crippen LogP contribution in [-0.2, 0) is 9.53 Å². The summed E-state index contributed by atoms with van der Waals surface area (Å²) in [6.07, 6.45) is 0.692. The third-order valence-electron chi connectivity index (χ3n) is 5.28. The van der Waals surface area contributed by atoms with Gasteiger partial charge in [0.2, 0.25) is 0 Å². The lowest BCUT2D eigenvalue weighted by Crippen LogP contribution is -2.50. The monoisotopic (exact) mass is 443 g/mol. The van der Waals surface area contributed by atoms with Gasteiger partial charge in [0.1, 0.15) is 22.8 Å². The van der Waals surface area contributed by atoms with Gasteiger partial charge in [-0.3, -0.25) is 14.4 Å². The summed E-state index contributed by atoms with van der Waals surface area (Å²) in [5.41, 5.74) is -1.41. The molecule has 0 bridgehead atoms. The number of halogens is 2. The zero-order chi connectivity index (χ0) is 23.8. The molecule has 1 aliphatic carbocycles. The van der Waals surface area contributed by atoms with Crippen molar-refractivity contribution in [2.24, 2.45) is 5.92 Å². The first-order chi connectivity index (χ1) is 14.8. The van der Waals surface area contributed by atoms with Gasteiger partial charge < -0.3 is 10.1 Å². The summed E-state index contributed by atoms with van der Waals surface area (Å²) in [6, 6.07) is 9.92. The lowest BCUT2D eigenvalue weighted by Gasteiger charge is -2.25. The minimum Gasteiger partial charge on any atom is -0.460 e. The number of hydrogen-bond donors (Lipinski definition) is 1. The van der Waals surface area contributed by atoms with E-state index in [0.717, 1.165) is 23.8 Å². The first kappa shape index (κ1) is 23.6. The molecule has 1 aliphatic rings. The number of rotatable bonds is 6. The van der Waals surface area contributed by atoms with Crippen molar-refractivity contribution in [2.75, 3.05) is 0 Å². The van der Waals surface area contributed by atoms with Gasteiger partial charge in [-0.15, -0.1) is 0 Å². The van der Waals surface area contributed by atoms with Crippen molar-refractivity contribution in [3.63, 3.8) is 0 Å². The Balaban J connectivity index is 1.67. The van der Waals surface area contributed by atoms with E-state index in [9.17, 15) is 23.2 Å². The molecule has 1 fully saturated rings. The molecule has 1 N–H and O–H groups in total. The highest BCUT2D eigenvalue weighted by Gasteiger charge is 2.46. The molecule has 1 amide bonds. The highest BCUT2D eigenvalue weighted by atomic mass is 19.1. The standard InChI is InChI=1S/C25H27F2NO4/c1-24(2,3)32-23(31)17-13-16(17)14-9-11-15(12-10-14)21(29)25(4,5)28-22(30)20-18(26)7-6-8-19(20)27/h6-12,16-17H,13H2,1-5H3,(H,28,30)/t16-,17+/m1/s1. The Kier molecular flexibility index (Phi) is 6.22. The molecule has 0 radical (unpaired) electrons. The molecule has 5 nitrogen and oxygen atoms in total. The van der Waals surface area contributed by atoms with Crippen molar-refractivity contribution in [1.82, 2.24) is 5.32 Å². The average Bonchev–Trinajstić information content (AvgIpc) is 3.47. The normalized spacial score (nSPS) is 18.1. The Bertz CT molecular complexity index is 1030. The number of esters is 1. The number of amides is 1. The van der Waals surface area contributed by atoms with E-state index in [-0.39, 0.29) is 17.8 Å². The van der Waals surface area contributed by atoms with Gasteiger partial charge in [-0.1, -0.05) is 30.3 Å². The van der Waals surface area contributed by atoms with Crippen molar-refractivity contribution in [2.45, 2.75) is 58.1 Å². The van der Waals surface area contributed by atoms with Crippen molar-refractivity contribution < 1.29 is 27.9 Å². The maximum atomic E-state index is 13.9. The van der Waals surface area contributed by atoms with Gasteiger partial charge in [-0.25, -0.2) is 8.78 Å². The molecule has 7 heteroatoms. The number of nitrogens with one attached hydrogen (secondary N) is 1. The summed E-state index contributed by atoms with van der Waals surface area (Å²) in [7, 11) is 0. The smallest absolute Gasteiger partial charge is 0.310 e. The Hall–Kier alpha value is -3.09. The molecule has 0 heterocycles. The number of ketones is 1. The van der Waals surface area contributed by atoms with Crippen LogP contribution in [0.1, 0.15) is 73.2 Å². The highest BCUT2D eigenvalue weighted by Crippen LogP contribution is 2.48. The molecule has 2 aromatic carbocycles. The van der Waals surface area contributed by atoms with E-state index < -0.39 is 40.0 Å². The second-order valence-electron chi connectivity index (χ2n) is 9.61. The summed E-state index contributed by atoms with van der Waals surface area (Å²) in [5.74, 6) is -3.79. The fraction of sp³-hybridized carbons (Fsp3) is 0.400. The molecule has 2 aromatic rings. The van der Waals surface area contributed by atoms with Gasteiger partial charge in [0.15, 0.2) is 5.78 Å². The molecule has 0 unspecified atom stereocenters. The Morgan fingerprint density at radius 1 is 0.938 bits per heavy atom. The molecular weight excluding hydrogens is 416 g/mol. The van der Waals surface area contributed by atoms with Crippen molar-refractivity contribution in [1.29, 1.82) is 0 Å². The third-order valence-corrected chi connectivity index (χ3v) is 5.28. The SMILES string of the molecule is CC(C)(C)OC(=O)[C@H]1C[C@@H]1c1ccc(C(=O)C(C)(C)NC(=O)c2c(F)cccc2F)cc1. The fourth-order valence-corrected chi connectivity index (χ4v) is 3.56. The van der Waals surface area contributed by atoms with Gasteiger partial charge in [-0.05, 0) is 64.7 Å². The predicted octanol–water partition coefficient (Wildman–Crippen LogP) is 4.80. The van der Waals surface area contributed by atoms with Gasteiger partial charge in [0.05, 0.1) is 11.5 Å². The lowest BCUT2D eigenvalue weighted by molar-refractivity contribution is -0.156. The van der Waals surface area contributed by atoms with Gasteiger partial charge >= 0.3 is 5.97 Å². The van der Waals surface area contributed by atoms with Crippen LogP contribution in [0.5, 0.6) is 0 Å². The van der Waals surface area contributed by atoms with Crippen LogP contribution in [0.3, 0.4) is 0 Å². The van der Waals surface area contributed by atoms with Gasteiger partial charge in [-0.2, -0.15) is 0 Å². The highest BCUT2D eigenvalue weighted by molar-refractivity contribution is 6.06. The van der Waals surface area contributed by atoms with Gasteiger partial charge in [0.25, 0.3) is 5.91 Å². The van der Waals surface area contributed by atoms with Crippen LogP contribution in [0.25, 0.3) is 0 Å². The summed E-state index contributed by atoms with van der Waals surface area (Å²) >= 11 is 0. The van der Waals surface area contributed by atoms with Crippen LogP contribution in [0, 0.1) is 17.6 Å². The topological polar surface area (TPSA) is 72.5 Å². The van der Waals surface area contributed by atoms with Crippen LogP contribution in [-0.4, -0.2) is 28.8 Å². The molecule has 170 valence electrons. The second kappa shape index (κ2) is 8.45. The molecule has 0 aliphatic heterocycles. The molecule has 0 aromatic heterocycles. The quantitative estimate of drug-likeness (QED) is 0.514. The predicted molar refractivity (Wildman–Crippen MR) is 115 cm³/mol. The molecular formula is C25H27F2NO4. The zero-order valence-corrected chi connectivity index (χ0v) is 18.8. The number of benzene rings is 2. The second-order valence-corrected chi connectivity index (χ2v) is 9.61. The first-order valence-corrected chi connectivity index (χ1v) is 10.4. The van der Waals surface area contributed by atoms with Crippen LogP contribution < -0.4 is 5.32 Å². The van der Waals surface area contributed by atoms with Crippen molar-refractivity contribution in [3.05, 3.63) is 70.8 Å².